The summed E-state index contributed by atoms with van der Waals surface area (Å²) in [5, 5.41) is 11.7. The Labute approximate surface area is 108 Å². The molecular formula is C10H7Br2NO3. The van der Waals surface area contributed by atoms with Gasteiger partial charge in [0.15, 0.2) is 5.78 Å². The van der Waals surface area contributed by atoms with Crippen LogP contribution >= 0.6 is 31.9 Å². The highest BCUT2D eigenvalue weighted by Gasteiger charge is 2.30. The number of aliphatic carboxylic acids is 1. The van der Waals surface area contributed by atoms with E-state index < -0.39 is 12.0 Å². The Morgan fingerprint density at radius 3 is 2.75 bits per heavy atom. The number of nitrogens with one attached hydrogen (secondary N) is 1. The number of hydrogen-bond donors (Lipinski definition) is 2. The van der Waals surface area contributed by atoms with Crippen LogP contribution in [0, 0.1) is 0 Å². The van der Waals surface area contributed by atoms with Crippen LogP contribution in [0.2, 0.25) is 0 Å². The van der Waals surface area contributed by atoms with Crippen LogP contribution in [-0.2, 0) is 4.79 Å². The second kappa shape index (κ2) is 4.18. The first kappa shape index (κ1) is 11.6. The van der Waals surface area contributed by atoms with Crippen molar-refractivity contribution in [2.45, 2.75) is 12.5 Å². The van der Waals surface area contributed by atoms with Gasteiger partial charge in [0.1, 0.15) is 6.04 Å². The summed E-state index contributed by atoms with van der Waals surface area (Å²) in [7, 11) is 0. The fourth-order valence-electron chi connectivity index (χ4n) is 1.65. The van der Waals surface area contributed by atoms with E-state index in [0.29, 0.717) is 15.7 Å². The fraction of sp³-hybridized carbons (Fsp3) is 0.200. The number of fused-ring (bicyclic) bond motifs is 1. The Bertz CT molecular complexity index is 487. The molecule has 0 radical (unpaired) electrons. The van der Waals surface area contributed by atoms with Crippen LogP contribution in [-0.4, -0.2) is 22.9 Å². The third-order valence-corrected chi connectivity index (χ3v) is 3.43. The van der Waals surface area contributed by atoms with Crippen molar-refractivity contribution in [3.05, 3.63) is 26.6 Å². The van der Waals surface area contributed by atoms with E-state index in [-0.39, 0.29) is 12.2 Å². The van der Waals surface area contributed by atoms with Crippen molar-refractivity contribution in [3.63, 3.8) is 0 Å². The van der Waals surface area contributed by atoms with Gasteiger partial charge in [0.05, 0.1) is 5.56 Å². The highest BCUT2D eigenvalue weighted by Crippen LogP contribution is 2.34. The van der Waals surface area contributed by atoms with Crippen molar-refractivity contribution >= 4 is 49.3 Å². The van der Waals surface area contributed by atoms with E-state index in [1.165, 1.54) is 0 Å². The van der Waals surface area contributed by atoms with Crippen LogP contribution in [0.15, 0.2) is 21.1 Å². The number of halogens is 2. The normalized spacial score (nSPS) is 18.9. The zero-order valence-electron chi connectivity index (χ0n) is 7.96. The highest BCUT2D eigenvalue weighted by atomic mass is 79.9. The van der Waals surface area contributed by atoms with Gasteiger partial charge in [-0.15, -0.1) is 0 Å². The number of benzene rings is 1. The first-order valence-electron chi connectivity index (χ1n) is 4.50. The molecule has 1 atom stereocenters. The SMILES string of the molecule is O=C1CC(C(=O)O)Nc2cc(Br)cc(Br)c21. The Morgan fingerprint density at radius 1 is 1.44 bits per heavy atom. The van der Waals surface area contributed by atoms with Gasteiger partial charge in [-0.3, -0.25) is 4.79 Å². The van der Waals surface area contributed by atoms with Crippen LogP contribution < -0.4 is 5.32 Å². The Hall–Kier alpha value is -0.880. The van der Waals surface area contributed by atoms with Gasteiger partial charge in [0.25, 0.3) is 0 Å². The van der Waals surface area contributed by atoms with Crippen molar-refractivity contribution in [3.8, 4) is 0 Å². The van der Waals surface area contributed by atoms with Crippen molar-refractivity contribution in [2.75, 3.05) is 5.32 Å². The number of anilines is 1. The number of carboxylic acid groups (broad SMARTS) is 1. The molecule has 2 rings (SSSR count). The summed E-state index contributed by atoms with van der Waals surface area (Å²) in [6, 6.07) is 2.62. The molecule has 1 aliphatic rings. The lowest BCUT2D eigenvalue weighted by Crippen LogP contribution is -2.36. The molecule has 1 unspecified atom stereocenters. The number of ketones is 1. The minimum Gasteiger partial charge on any atom is -0.480 e. The summed E-state index contributed by atoms with van der Waals surface area (Å²) in [5.41, 5.74) is 1.06. The molecule has 2 N–H and O–H groups in total. The van der Waals surface area contributed by atoms with Gasteiger partial charge < -0.3 is 10.4 Å². The van der Waals surface area contributed by atoms with Crippen LogP contribution in [0.4, 0.5) is 5.69 Å². The lowest BCUT2D eigenvalue weighted by Gasteiger charge is -2.24. The molecule has 16 heavy (non-hydrogen) atoms. The van der Waals surface area contributed by atoms with Gasteiger partial charge in [-0.2, -0.15) is 0 Å². The average molecular weight is 349 g/mol. The lowest BCUT2D eigenvalue weighted by molar-refractivity contribution is -0.137. The van der Waals surface area contributed by atoms with Gasteiger partial charge in [-0.25, -0.2) is 4.79 Å². The number of hydrogen-bond acceptors (Lipinski definition) is 3. The van der Waals surface area contributed by atoms with E-state index in [9.17, 15) is 9.59 Å². The monoisotopic (exact) mass is 347 g/mol. The number of Topliss-reactive ketones (excluding diaryl/α,β-unsaturated/α-hetero) is 1. The van der Waals surface area contributed by atoms with Crippen molar-refractivity contribution in [1.82, 2.24) is 0 Å². The minimum atomic E-state index is -1.02. The van der Waals surface area contributed by atoms with Crippen LogP contribution in [0.3, 0.4) is 0 Å². The number of carbonyl (C=O) groups excluding carboxylic acids is 1. The molecule has 1 aromatic rings. The van der Waals surface area contributed by atoms with Gasteiger partial charge in [-0.1, -0.05) is 15.9 Å². The van der Waals surface area contributed by atoms with Crippen LogP contribution in [0.25, 0.3) is 0 Å². The third-order valence-electron chi connectivity index (χ3n) is 2.35. The molecule has 0 fully saturated rings. The van der Waals surface area contributed by atoms with Crippen LogP contribution in [0.5, 0.6) is 0 Å². The summed E-state index contributed by atoms with van der Waals surface area (Å²) in [6.45, 7) is 0. The predicted molar refractivity (Wildman–Crippen MR) is 65.8 cm³/mol. The smallest absolute Gasteiger partial charge is 0.326 e. The van der Waals surface area contributed by atoms with Crippen LogP contribution in [0.1, 0.15) is 16.8 Å². The molecular weight excluding hydrogens is 342 g/mol. The molecule has 6 heteroatoms. The molecule has 1 heterocycles. The van der Waals surface area contributed by atoms with Gasteiger partial charge in [0, 0.05) is 21.1 Å². The second-order valence-electron chi connectivity index (χ2n) is 3.47. The summed E-state index contributed by atoms with van der Waals surface area (Å²) in [6.07, 6.45) is -0.0252. The molecule has 4 nitrogen and oxygen atoms in total. The number of carboxylic acids is 1. The van der Waals surface area contributed by atoms with Crippen molar-refractivity contribution in [2.24, 2.45) is 0 Å². The van der Waals surface area contributed by atoms with E-state index in [0.717, 1.165) is 4.47 Å². The maximum atomic E-state index is 11.8. The topological polar surface area (TPSA) is 66.4 Å². The van der Waals surface area contributed by atoms with Gasteiger partial charge in [-0.05, 0) is 28.1 Å². The predicted octanol–water partition coefficient (Wildman–Crippen LogP) is 2.66. The Kier molecular flexibility index (Phi) is 3.03. The number of rotatable bonds is 1. The minimum absolute atomic E-state index is 0.0252. The molecule has 1 aliphatic heterocycles. The molecule has 1 aromatic carbocycles. The van der Waals surface area contributed by atoms with E-state index in [1.807, 2.05) is 0 Å². The average Bonchev–Trinajstić information content (AvgIpc) is 2.15. The van der Waals surface area contributed by atoms with Crippen molar-refractivity contribution in [1.29, 1.82) is 0 Å². The van der Waals surface area contributed by atoms with Gasteiger partial charge in [0.2, 0.25) is 0 Å². The fourth-order valence-corrected chi connectivity index (χ4v) is 3.09. The maximum absolute atomic E-state index is 11.8. The van der Waals surface area contributed by atoms with E-state index in [2.05, 4.69) is 37.2 Å². The summed E-state index contributed by atoms with van der Waals surface area (Å²) in [4.78, 5) is 22.6. The zero-order chi connectivity index (χ0) is 11.9. The molecule has 0 saturated carbocycles. The quantitative estimate of drug-likeness (QED) is 0.818. The first-order chi connectivity index (χ1) is 7.49. The van der Waals surface area contributed by atoms with E-state index in [4.69, 9.17) is 5.11 Å². The van der Waals surface area contributed by atoms with E-state index >= 15 is 0 Å². The molecule has 0 amide bonds. The van der Waals surface area contributed by atoms with Crippen molar-refractivity contribution < 1.29 is 14.7 Å². The summed E-state index contributed by atoms with van der Waals surface area (Å²) < 4.78 is 1.45. The van der Waals surface area contributed by atoms with E-state index in [1.54, 1.807) is 12.1 Å². The van der Waals surface area contributed by atoms with Gasteiger partial charge >= 0.3 is 5.97 Å². The molecule has 0 spiro atoms. The zero-order valence-corrected chi connectivity index (χ0v) is 11.1. The summed E-state index contributed by atoms with van der Waals surface area (Å²) in [5.74, 6) is -1.18. The molecule has 0 aliphatic carbocycles. The maximum Gasteiger partial charge on any atom is 0.326 e. The lowest BCUT2D eigenvalue weighted by atomic mass is 9.97. The molecule has 0 saturated heterocycles. The largest absolute Gasteiger partial charge is 0.480 e. The molecule has 84 valence electrons. The standard InChI is InChI=1S/C10H7Br2NO3/c11-4-1-5(12)9-6(2-4)13-7(10(15)16)3-8(9)14/h1-2,7,13H,3H2,(H,15,16). The number of carbonyl (C=O) groups is 2. The highest BCUT2D eigenvalue weighted by molar-refractivity contribution is 9.11. The molecule has 0 bridgehead atoms. The third kappa shape index (κ3) is 1.99. The second-order valence-corrected chi connectivity index (χ2v) is 5.24. The first-order valence-corrected chi connectivity index (χ1v) is 6.09. The molecule has 0 aromatic heterocycles. The Morgan fingerprint density at radius 2 is 2.12 bits per heavy atom. The Balaban J connectivity index is 2.50. The summed E-state index contributed by atoms with van der Waals surface area (Å²) >= 11 is 6.58.